The first-order valence-corrected chi connectivity index (χ1v) is 8.63. The molecule has 27 heavy (non-hydrogen) atoms. The van der Waals surface area contributed by atoms with E-state index in [9.17, 15) is 22.8 Å². The van der Waals surface area contributed by atoms with Gasteiger partial charge in [-0.1, -0.05) is 11.6 Å². The quantitative estimate of drug-likeness (QED) is 0.844. The number of benzene rings is 2. The highest BCUT2D eigenvalue weighted by Crippen LogP contribution is 2.29. The molecule has 1 heterocycles. The Morgan fingerprint density at radius 2 is 1.74 bits per heavy atom. The third-order valence-corrected chi connectivity index (χ3v) is 4.62. The van der Waals surface area contributed by atoms with Gasteiger partial charge in [-0.2, -0.15) is 13.2 Å². The Kier molecular flexibility index (Phi) is 5.41. The van der Waals surface area contributed by atoms with Gasteiger partial charge in [-0.3, -0.25) is 9.59 Å². The number of amides is 2. The van der Waals surface area contributed by atoms with Gasteiger partial charge in [0.2, 0.25) is 5.91 Å². The molecule has 0 bridgehead atoms. The van der Waals surface area contributed by atoms with Crippen LogP contribution in [0.25, 0.3) is 0 Å². The summed E-state index contributed by atoms with van der Waals surface area (Å²) in [5.41, 5.74) is 0.0712. The Morgan fingerprint density at radius 3 is 2.33 bits per heavy atom. The smallest absolute Gasteiger partial charge is 0.352 e. The van der Waals surface area contributed by atoms with Crippen LogP contribution in [0.15, 0.2) is 48.5 Å². The summed E-state index contributed by atoms with van der Waals surface area (Å²) in [5.74, 6) is -0.598. The summed E-state index contributed by atoms with van der Waals surface area (Å²) in [4.78, 5) is 25.9. The molecule has 1 aliphatic heterocycles. The zero-order valence-corrected chi connectivity index (χ0v) is 14.8. The predicted octanol–water partition coefficient (Wildman–Crippen LogP) is 4.14. The summed E-state index contributed by atoms with van der Waals surface area (Å²) in [6.45, 7) is 0.712. The van der Waals surface area contributed by atoms with E-state index in [4.69, 9.17) is 11.6 Å². The zero-order chi connectivity index (χ0) is 19.6. The fourth-order valence-electron chi connectivity index (χ4n) is 2.94. The largest absolute Gasteiger partial charge is 0.416 e. The van der Waals surface area contributed by atoms with Crippen molar-refractivity contribution >= 4 is 29.1 Å². The van der Waals surface area contributed by atoms with Crippen molar-refractivity contribution in [2.75, 3.05) is 18.0 Å². The maximum absolute atomic E-state index is 12.6. The fourth-order valence-corrected chi connectivity index (χ4v) is 3.06. The van der Waals surface area contributed by atoms with E-state index >= 15 is 0 Å². The van der Waals surface area contributed by atoms with Crippen LogP contribution in [0.2, 0.25) is 5.02 Å². The van der Waals surface area contributed by atoms with E-state index in [0.29, 0.717) is 11.6 Å². The Morgan fingerprint density at radius 1 is 1.11 bits per heavy atom. The number of alkyl halides is 3. The lowest BCUT2D eigenvalue weighted by atomic mass is 10.1. The molecule has 8 heteroatoms. The third kappa shape index (κ3) is 4.60. The lowest BCUT2D eigenvalue weighted by molar-refractivity contribution is -0.137. The lowest BCUT2D eigenvalue weighted by Crippen LogP contribution is -2.31. The molecule has 2 aromatic carbocycles. The summed E-state index contributed by atoms with van der Waals surface area (Å²) < 4.78 is 37.7. The summed E-state index contributed by atoms with van der Waals surface area (Å²) in [6, 6.07) is 10.9. The highest BCUT2D eigenvalue weighted by molar-refractivity contribution is 6.30. The lowest BCUT2D eigenvalue weighted by Gasteiger charge is -2.17. The normalized spacial score (nSPS) is 17.3. The van der Waals surface area contributed by atoms with Crippen LogP contribution in [0, 0.1) is 5.92 Å². The summed E-state index contributed by atoms with van der Waals surface area (Å²) in [5, 5.41) is 3.26. The predicted molar refractivity (Wildman–Crippen MR) is 95.7 cm³/mol. The molecule has 1 aliphatic rings. The van der Waals surface area contributed by atoms with Crippen molar-refractivity contribution in [1.82, 2.24) is 5.32 Å². The number of carbonyl (C=O) groups is 2. The minimum Gasteiger partial charge on any atom is -0.352 e. The molecule has 1 N–H and O–H groups in total. The molecule has 1 atom stereocenters. The molecular formula is C19H16ClF3N2O2. The SMILES string of the molecule is O=C(NCC1CC(=O)N(c2ccc(Cl)cc2)C1)c1ccc(C(F)(F)F)cc1. The van der Waals surface area contributed by atoms with E-state index in [0.717, 1.165) is 30.0 Å². The van der Waals surface area contributed by atoms with Gasteiger partial charge in [0.25, 0.3) is 5.91 Å². The molecule has 2 amide bonds. The van der Waals surface area contributed by atoms with Crippen molar-refractivity contribution in [3.8, 4) is 0 Å². The first-order chi connectivity index (χ1) is 12.7. The topological polar surface area (TPSA) is 49.4 Å². The van der Waals surface area contributed by atoms with Gasteiger partial charge in [0, 0.05) is 41.7 Å². The van der Waals surface area contributed by atoms with Gasteiger partial charge in [0.05, 0.1) is 5.56 Å². The van der Waals surface area contributed by atoms with E-state index in [1.165, 1.54) is 0 Å². The number of nitrogens with one attached hydrogen (secondary N) is 1. The van der Waals surface area contributed by atoms with Gasteiger partial charge in [-0.05, 0) is 48.5 Å². The number of carbonyl (C=O) groups excluding carboxylic acids is 2. The van der Waals surface area contributed by atoms with Gasteiger partial charge in [0.15, 0.2) is 0 Å². The third-order valence-electron chi connectivity index (χ3n) is 4.37. The molecule has 4 nitrogen and oxygen atoms in total. The van der Waals surface area contributed by atoms with Crippen molar-refractivity contribution in [1.29, 1.82) is 0 Å². The van der Waals surface area contributed by atoms with Gasteiger partial charge in [-0.25, -0.2) is 0 Å². The van der Waals surface area contributed by atoms with Crippen LogP contribution < -0.4 is 10.2 Å². The number of halogens is 4. The molecule has 2 aromatic rings. The first kappa shape index (κ1) is 19.2. The Bertz CT molecular complexity index is 836. The van der Waals surface area contributed by atoms with E-state index in [1.807, 2.05) is 0 Å². The van der Waals surface area contributed by atoms with Gasteiger partial charge in [0.1, 0.15) is 0 Å². The van der Waals surface area contributed by atoms with E-state index in [-0.39, 0.29) is 30.4 Å². The fraction of sp³-hybridized carbons (Fsp3) is 0.263. The van der Waals surface area contributed by atoms with Crippen molar-refractivity contribution in [2.45, 2.75) is 12.6 Å². The van der Waals surface area contributed by atoms with E-state index < -0.39 is 17.6 Å². The molecule has 0 radical (unpaired) electrons. The summed E-state index contributed by atoms with van der Waals surface area (Å²) in [7, 11) is 0. The second-order valence-corrected chi connectivity index (χ2v) is 6.77. The average Bonchev–Trinajstić information content (AvgIpc) is 3.00. The van der Waals surface area contributed by atoms with E-state index in [2.05, 4.69) is 5.32 Å². The van der Waals surface area contributed by atoms with Crippen LogP contribution in [0.4, 0.5) is 18.9 Å². The van der Waals surface area contributed by atoms with Crippen LogP contribution in [-0.2, 0) is 11.0 Å². The summed E-state index contributed by atoms with van der Waals surface area (Å²) >= 11 is 5.85. The molecule has 1 saturated heterocycles. The van der Waals surface area contributed by atoms with Gasteiger partial charge in [-0.15, -0.1) is 0 Å². The molecule has 142 valence electrons. The number of nitrogens with zero attached hydrogens (tertiary/aromatic N) is 1. The van der Waals surface area contributed by atoms with Crippen LogP contribution in [0.5, 0.6) is 0 Å². The number of anilines is 1. The minimum absolute atomic E-state index is 0.0499. The highest BCUT2D eigenvalue weighted by Gasteiger charge is 2.31. The minimum atomic E-state index is -4.44. The molecule has 1 fully saturated rings. The maximum atomic E-state index is 12.6. The number of hydrogen-bond donors (Lipinski definition) is 1. The molecule has 0 aliphatic carbocycles. The number of hydrogen-bond acceptors (Lipinski definition) is 2. The van der Waals surface area contributed by atoms with Crippen molar-refractivity contribution in [3.63, 3.8) is 0 Å². The molecule has 0 saturated carbocycles. The van der Waals surface area contributed by atoms with Crippen LogP contribution in [0.1, 0.15) is 22.3 Å². The molecule has 0 aromatic heterocycles. The second kappa shape index (κ2) is 7.60. The van der Waals surface area contributed by atoms with Gasteiger partial charge >= 0.3 is 6.18 Å². The van der Waals surface area contributed by atoms with Crippen LogP contribution in [-0.4, -0.2) is 24.9 Å². The molecular weight excluding hydrogens is 381 g/mol. The highest BCUT2D eigenvalue weighted by atomic mass is 35.5. The maximum Gasteiger partial charge on any atom is 0.416 e. The monoisotopic (exact) mass is 396 g/mol. The molecule has 1 unspecified atom stereocenters. The Hall–Kier alpha value is -2.54. The van der Waals surface area contributed by atoms with Crippen molar-refractivity contribution in [2.24, 2.45) is 5.92 Å². The van der Waals surface area contributed by atoms with Crippen molar-refractivity contribution < 1.29 is 22.8 Å². The Balaban J connectivity index is 1.56. The van der Waals surface area contributed by atoms with Gasteiger partial charge < -0.3 is 10.2 Å². The Labute approximate surface area is 158 Å². The van der Waals surface area contributed by atoms with E-state index in [1.54, 1.807) is 29.2 Å². The van der Waals surface area contributed by atoms with Crippen LogP contribution in [0.3, 0.4) is 0 Å². The summed E-state index contributed by atoms with van der Waals surface area (Å²) in [6.07, 6.45) is -4.15. The van der Waals surface area contributed by atoms with Crippen molar-refractivity contribution in [3.05, 3.63) is 64.7 Å². The standard InChI is InChI=1S/C19H16ClF3N2O2/c20-15-5-7-16(8-6-15)25-11-12(9-17(25)26)10-24-18(27)13-1-3-14(4-2-13)19(21,22)23/h1-8,12H,9-11H2,(H,24,27). The average molecular weight is 397 g/mol. The second-order valence-electron chi connectivity index (χ2n) is 6.34. The number of rotatable bonds is 4. The molecule has 0 spiro atoms. The molecule has 3 rings (SSSR count). The first-order valence-electron chi connectivity index (χ1n) is 8.25. The van der Waals surface area contributed by atoms with Crippen LogP contribution >= 0.6 is 11.6 Å². The zero-order valence-electron chi connectivity index (χ0n) is 14.1.